The molecule has 0 N–H and O–H groups in total. The summed E-state index contributed by atoms with van der Waals surface area (Å²) in [7, 11) is 3.64. The van der Waals surface area contributed by atoms with Gasteiger partial charge in [-0.2, -0.15) is 0 Å². The van der Waals surface area contributed by atoms with Gasteiger partial charge < -0.3 is 9.47 Å². The van der Waals surface area contributed by atoms with Gasteiger partial charge in [0.05, 0.1) is 14.2 Å². The van der Waals surface area contributed by atoms with Gasteiger partial charge in [0, 0.05) is 22.2 Å². The molecule has 3 aromatic rings. The summed E-state index contributed by atoms with van der Waals surface area (Å²) in [5, 5.41) is 0. The number of fused-ring (bicyclic) bond motifs is 6. The SMILES string of the molecule is COc1c(C)cc(C(c2cc(C)c(OC)c(C)c2)(C2C=CC=C2)C2(C)C3=C4Cc5ccccc5C4=C4C=CCCC4C3(C)C(C)(C)C(C)(C)C2(C)C)cc1C. The Balaban J connectivity index is 1.66. The lowest BCUT2D eigenvalue weighted by atomic mass is 9.25. The highest BCUT2D eigenvalue weighted by Crippen LogP contribution is 2.83. The molecule has 5 aliphatic rings. The molecule has 0 aromatic heterocycles. The van der Waals surface area contributed by atoms with Crippen molar-refractivity contribution in [3.05, 3.63) is 146 Å². The fourth-order valence-electron chi connectivity index (χ4n) is 13.8. The van der Waals surface area contributed by atoms with Gasteiger partial charge in [-0.25, -0.2) is 0 Å². The Kier molecular flexibility index (Phi) is 8.42. The minimum absolute atomic E-state index is 0.0582. The van der Waals surface area contributed by atoms with Gasteiger partial charge in [0.1, 0.15) is 11.5 Å². The molecular weight excluding hydrogens is 669 g/mol. The van der Waals surface area contributed by atoms with E-state index >= 15 is 0 Å². The lowest BCUT2D eigenvalue weighted by Gasteiger charge is -2.78. The lowest BCUT2D eigenvalue weighted by molar-refractivity contribution is -0.212. The lowest BCUT2D eigenvalue weighted by Crippen LogP contribution is -2.73. The van der Waals surface area contributed by atoms with Crippen molar-refractivity contribution in [1.29, 1.82) is 0 Å². The Morgan fingerprint density at radius 3 is 1.73 bits per heavy atom. The summed E-state index contributed by atoms with van der Waals surface area (Å²) >= 11 is 0. The first-order valence-corrected chi connectivity index (χ1v) is 20.8. The first kappa shape index (κ1) is 37.9. The van der Waals surface area contributed by atoms with Crippen molar-refractivity contribution in [2.75, 3.05) is 14.2 Å². The maximum Gasteiger partial charge on any atom is 0.124 e. The molecule has 55 heavy (non-hydrogen) atoms. The van der Waals surface area contributed by atoms with Crippen LogP contribution in [0.15, 0.2) is 102 Å². The third-order valence-corrected chi connectivity index (χ3v) is 17.5. The number of ether oxygens (including phenoxy) is 2. The van der Waals surface area contributed by atoms with Gasteiger partial charge in [0.15, 0.2) is 0 Å². The van der Waals surface area contributed by atoms with E-state index in [0.717, 1.165) is 24.3 Å². The highest BCUT2D eigenvalue weighted by molar-refractivity contribution is 5.92. The van der Waals surface area contributed by atoms with Crippen molar-refractivity contribution in [3.63, 3.8) is 0 Å². The highest BCUT2D eigenvalue weighted by atomic mass is 16.5. The highest BCUT2D eigenvalue weighted by Gasteiger charge is 2.77. The van der Waals surface area contributed by atoms with Crippen molar-refractivity contribution in [2.45, 2.75) is 108 Å². The predicted molar refractivity (Wildman–Crippen MR) is 231 cm³/mol. The normalized spacial score (nSPS) is 27.2. The van der Waals surface area contributed by atoms with Crippen molar-refractivity contribution >= 4 is 5.57 Å². The van der Waals surface area contributed by atoms with Gasteiger partial charge in [-0.15, -0.1) is 0 Å². The molecule has 0 saturated heterocycles. The van der Waals surface area contributed by atoms with Crippen LogP contribution >= 0.6 is 0 Å². The zero-order valence-electron chi connectivity index (χ0n) is 36.2. The second-order valence-electron chi connectivity index (χ2n) is 19.6. The van der Waals surface area contributed by atoms with E-state index in [4.69, 9.17) is 9.47 Å². The summed E-state index contributed by atoms with van der Waals surface area (Å²) in [6.45, 7) is 30.2. The molecule has 0 amide bonds. The van der Waals surface area contributed by atoms with E-state index in [2.05, 4.69) is 168 Å². The fourth-order valence-corrected chi connectivity index (χ4v) is 13.8. The molecule has 0 bridgehead atoms. The molecule has 5 aliphatic carbocycles. The molecule has 1 fully saturated rings. The third-order valence-electron chi connectivity index (χ3n) is 17.5. The van der Waals surface area contributed by atoms with Crippen LogP contribution in [-0.2, 0) is 11.8 Å². The van der Waals surface area contributed by atoms with Crippen molar-refractivity contribution in [1.82, 2.24) is 0 Å². The van der Waals surface area contributed by atoms with Crippen LogP contribution in [-0.4, -0.2) is 14.2 Å². The Hall–Kier alpha value is -4.04. The zero-order valence-corrected chi connectivity index (χ0v) is 36.2. The number of aryl methyl sites for hydroxylation is 4. The molecule has 3 unspecified atom stereocenters. The maximum absolute atomic E-state index is 6.10. The minimum atomic E-state index is -0.525. The predicted octanol–water partition coefficient (Wildman–Crippen LogP) is 13.4. The number of benzene rings is 3. The van der Waals surface area contributed by atoms with Gasteiger partial charge in [0.2, 0.25) is 0 Å². The first-order valence-electron chi connectivity index (χ1n) is 20.8. The number of hydrogen-bond acceptors (Lipinski definition) is 2. The summed E-state index contributed by atoms with van der Waals surface area (Å²) in [6, 6.07) is 19.3. The van der Waals surface area contributed by atoms with Gasteiger partial charge >= 0.3 is 0 Å². The van der Waals surface area contributed by atoms with Gasteiger partial charge in [-0.3, -0.25) is 0 Å². The minimum Gasteiger partial charge on any atom is -0.496 e. The van der Waals surface area contributed by atoms with Crippen LogP contribution in [0.2, 0.25) is 0 Å². The van der Waals surface area contributed by atoms with Crippen molar-refractivity contribution < 1.29 is 9.47 Å². The Labute approximate surface area is 332 Å². The number of rotatable bonds is 6. The fraction of sp³-hybridized carbons (Fsp3) is 0.472. The van der Waals surface area contributed by atoms with E-state index in [-0.39, 0.29) is 27.6 Å². The summed E-state index contributed by atoms with van der Waals surface area (Å²) < 4.78 is 12.2. The van der Waals surface area contributed by atoms with E-state index in [9.17, 15) is 0 Å². The van der Waals surface area contributed by atoms with E-state index in [1.165, 1.54) is 56.5 Å². The third kappa shape index (κ3) is 4.38. The molecule has 0 heterocycles. The van der Waals surface area contributed by atoms with Crippen LogP contribution in [0.25, 0.3) is 5.57 Å². The molecule has 8 rings (SSSR count). The molecule has 3 aromatic carbocycles. The number of hydrogen-bond donors (Lipinski definition) is 0. The Morgan fingerprint density at radius 2 is 1.20 bits per heavy atom. The molecule has 288 valence electrons. The first-order chi connectivity index (χ1) is 25.9. The molecule has 2 nitrogen and oxygen atoms in total. The smallest absolute Gasteiger partial charge is 0.124 e. The van der Waals surface area contributed by atoms with E-state index in [1.54, 1.807) is 16.7 Å². The second-order valence-corrected chi connectivity index (χ2v) is 19.6. The summed E-state index contributed by atoms with van der Waals surface area (Å²) in [5.74, 6) is 2.44. The Morgan fingerprint density at radius 1 is 0.673 bits per heavy atom. The van der Waals surface area contributed by atoms with Gasteiger partial charge in [0.25, 0.3) is 0 Å². The molecule has 0 spiro atoms. The van der Waals surface area contributed by atoms with E-state index in [0.29, 0.717) is 5.92 Å². The van der Waals surface area contributed by atoms with Crippen molar-refractivity contribution in [3.8, 4) is 11.5 Å². The molecular formula is C53H64O2. The average Bonchev–Trinajstić information content (AvgIpc) is 3.80. The standard InChI is InChI=1S/C53H64O2/c1-32-27-38(28-33(2)45(32)54-13)53(37-22-16-17-23-37,39-29-34(3)46(55-14)35(4)30-39)52(12)47-42-31-36-21-15-18-24-40(36)44(42)41-25-19-20-26-43(41)51(47,11)49(7,8)48(5,6)50(52,9)10/h15-19,21-25,27-30,37,43H,20,26,31H2,1-14H3. The van der Waals surface area contributed by atoms with Crippen LogP contribution in [0.3, 0.4) is 0 Å². The summed E-state index contributed by atoms with van der Waals surface area (Å²) in [6.07, 6.45) is 17.9. The van der Waals surface area contributed by atoms with Gasteiger partial charge in [-0.05, 0) is 130 Å². The second kappa shape index (κ2) is 12.2. The number of allylic oxidation sites excluding steroid dienone is 10. The van der Waals surface area contributed by atoms with Crippen LogP contribution in [0.1, 0.15) is 113 Å². The van der Waals surface area contributed by atoms with E-state index < -0.39 is 10.8 Å². The quantitative estimate of drug-likeness (QED) is 0.251. The van der Waals surface area contributed by atoms with Crippen LogP contribution in [0.4, 0.5) is 0 Å². The summed E-state index contributed by atoms with van der Waals surface area (Å²) in [5.41, 5.74) is 15.3. The van der Waals surface area contributed by atoms with E-state index in [1.807, 2.05) is 14.2 Å². The zero-order chi connectivity index (χ0) is 39.7. The number of methoxy groups -OCH3 is 2. The molecule has 0 radical (unpaired) electrons. The summed E-state index contributed by atoms with van der Waals surface area (Å²) in [4.78, 5) is 0. The monoisotopic (exact) mass is 732 g/mol. The molecule has 1 saturated carbocycles. The maximum atomic E-state index is 6.10. The van der Waals surface area contributed by atoms with Crippen LogP contribution in [0.5, 0.6) is 11.5 Å². The molecule has 3 atom stereocenters. The van der Waals surface area contributed by atoms with Crippen LogP contribution < -0.4 is 9.47 Å². The van der Waals surface area contributed by atoms with Crippen molar-refractivity contribution in [2.24, 2.45) is 38.9 Å². The van der Waals surface area contributed by atoms with Gasteiger partial charge in [-0.1, -0.05) is 146 Å². The average molecular weight is 733 g/mol. The van der Waals surface area contributed by atoms with Crippen LogP contribution in [0, 0.1) is 66.6 Å². The largest absolute Gasteiger partial charge is 0.496 e. The molecule has 0 aliphatic heterocycles. The topological polar surface area (TPSA) is 18.5 Å². The Bertz CT molecular complexity index is 2160. The molecule has 2 heteroatoms.